The Bertz CT molecular complexity index is 686. The molecule has 0 saturated heterocycles. The topological polar surface area (TPSA) is 43.6 Å². The second-order valence-electron chi connectivity index (χ2n) is 4.14. The van der Waals surface area contributed by atoms with Crippen LogP contribution >= 0.6 is 0 Å². The number of carbonyl (C=O) groups is 1. The molecule has 0 aliphatic rings. The number of benzene rings is 1. The first kappa shape index (κ1) is 11.5. The van der Waals surface area contributed by atoms with Gasteiger partial charge in [0.15, 0.2) is 6.29 Å². The molecule has 2 aromatic heterocycles. The van der Waals surface area contributed by atoms with E-state index in [9.17, 15) is 4.79 Å². The van der Waals surface area contributed by atoms with Crippen molar-refractivity contribution in [2.45, 2.75) is 6.61 Å². The highest BCUT2D eigenvalue weighted by atomic mass is 16.5. The number of pyridine rings is 1. The van der Waals surface area contributed by atoms with Crippen molar-refractivity contribution in [1.82, 2.24) is 9.38 Å². The van der Waals surface area contributed by atoms with Crippen LogP contribution in [0.25, 0.3) is 5.65 Å². The number of aldehydes is 1. The molecule has 19 heavy (non-hydrogen) atoms. The molecule has 0 unspecified atom stereocenters. The summed E-state index contributed by atoms with van der Waals surface area (Å²) in [6.07, 6.45) is 4.64. The third kappa shape index (κ3) is 2.33. The van der Waals surface area contributed by atoms with Crippen molar-refractivity contribution < 1.29 is 9.53 Å². The summed E-state index contributed by atoms with van der Waals surface area (Å²) in [6, 6.07) is 13.0. The molecule has 0 spiro atoms. The third-order valence-electron chi connectivity index (χ3n) is 2.84. The summed E-state index contributed by atoms with van der Waals surface area (Å²) in [7, 11) is 0. The number of fused-ring (bicyclic) bond motifs is 1. The number of para-hydroxylation sites is 1. The molecule has 2 heterocycles. The van der Waals surface area contributed by atoms with E-state index in [0.29, 0.717) is 17.9 Å². The predicted molar refractivity (Wildman–Crippen MR) is 71.4 cm³/mol. The number of ether oxygens (including phenoxy) is 1. The maximum atomic E-state index is 10.9. The highest BCUT2D eigenvalue weighted by molar-refractivity contribution is 5.79. The molecule has 0 atom stereocenters. The van der Waals surface area contributed by atoms with Gasteiger partial charge in [0, 0.05) is 12.4 Å². The van der Waals surface area contributed by atoms with Crippen molar-refractivity contribution in [3.05, 3.63) is 66.1 Å². The van der Waals surface area contributed by atoms with Gasteiger partial charge in [0.25, 0.3) is 0 Å². The van der Waals surface area contributed by atoms with E-state index in [4.69, 9.17) is 4.74 Å². The average molecular weight is 252 g/mol. The Balaban J connectivity index is 1.80. The van der Waals surface area contributed by atoms with E-state index in [1.54, 1.807) is 12.1 Å². The van der Waals surface area contributed by atoms with Crippen molar-refractivity contribution in [1.29, 1.82) is 0 Å². The highest BCUT2D eigenvalue weighted by Crippen LogP contribution is 2.17. The maximum absolute atomic E-state index is 10.9. The van der Waals surface area contributed by atoms with E-state index in [2.05, 4.69) is 4.98 Å². The van der Waals surface area contributed by atoms with Gasteiger partial charge < -0.3 is 9.14 Å². The van der Waals surface area contributed by atoms with Crippen molar-refractivity contribution >= 4 is 11.9 Å². The zero-order valence-electron chi connectivity index (χ0n) is 10.2. The lowest BCUT2D eigenvalue weighted by Gasteiger charge is -2.05. The number of hydrogen-bond donors (Lipinski definition) is 0. The van der Waals surface area contributed by atoms with Crippen LogP contribution in [0.1, 0.15) is 16.1 Å². The summed E-state index contributed by atoms with van der Waals surface area (Å²) >= 11 is 0. The summed E-state index contributed by atoms with van der Waals surface area (Å²) in [5.74, 6) is 0.578. The fraction of sp³-hybridized carbons (Fsp3) is 0.0667. The van der Waals surface area contributed by atoms with Crippen LogP contribution in [0.5, 0.6) is 5.75 Å². The molecule has 0 amide bonds. The van der Waals surface area contributed by atoms with Gasteiger partial charge in [-0.2, -0.15) is 0 Å². The van der Waals surface area contributed by atoms with Crippen LogP contribution in [0, 0.1) is 0 Å². The van der Waals surface area contributed by atoms with Gasteiger partial charge in [-0.1, -0.05) is 18.2 Å². The standard InChI is InChI=1S/C15H12N2O2/c18-10-12-5-1-2-6-14(12)19-11-13-9-17-8-4-3-7-15(17)16-13/h1-10H,11H2. The monoisotopic (exact) mass is 252 g/mol. The quantitative estimate of drug-likeness (QED) is 0.670. The lowest BCUT2D eigenvalue weighted by molar-refractivity contribution is 0.111. The average Bonchev–Trinajstić information content (AvgIpc) is 2.88. The van der Waals surface area contributed by atoms with Crippen molar-refractivity contribution in [2.75, 3.05) is 0 Å². The van der Waals surface area contributed by atoms with E-state index in [1.807, 2.05) is 47.1 Å². The molecule has 0 fully saturated rings. The number of imidazole rings is 1. The molecular formula is C15H12N2O2. The lowest BCUT2D eigenvalue weighted by atomic mass is 10.2. The van der Waals surface area contributed by atoms with Gasteiger partial charge in [0.1, 0.15) is 18.0 Å². The first-order valence-corrected chi connectivity index (χ1v) is 5.96. The van der Waals surface area contributed by atoms with Gasteiger partial charge in [-0.25, -0.2) is 4.98 Å². The predicted octanol–water partition coefficient (Wildman–Crippen LogP) is 2.73. The SMILES string of the molecule is O=Cc1ccccc1OCc1cn2ccccc2n1. The van der Waals surface area contributed by atoms with Crippen LogP contribution in [0.2, 0.25) is 0 Å². The first-order chi connectivity index (χ1) is 9.36. The molecule has 3 aromatic rings. The molecule has 0 radical (unpaired) electrons. The van der Waals surface area contributed by atoms with Crippen LogP contribution < -0.4 is 4.74 Å². The summed E-state index contributed by atoms with van der Waals surface area (Å²) in [5, 5.41) is 0. The minimum atomic E-state index is 0.340. The Morgan fingerprint density at radius 2 is 2.00 bits per heavy atom. The highest BCUT2D eigenvalue weighted by Gasteiger charge is 2.04. The zero-order chi connectivity index (χ0) is 13.1. The molecule has 0 saturated carbocycles. The number of hydrogen-bond acceptors (Lipinski definition) is 3. The molecule has 0 aliphatic carbocycles. The molecule has 0 N–H and O–H groups in total. The fourth-order valence-corrected chi connectivity index (χ4v) is 1.92. The van der Waals surface area contributed by atoms with Crippen LogP contribution in [-0.2, 0) is 6.61 Å². The second kappa shape index (κ2) is 4.94. The van der Waals surface area contributed by atoms with E-state index < -0.39 is 0 Å². The van der Waals surface area contributed by atoms with Crippen LogP contribution in [-0.4, -0.2) is 15.7 Å². The van der Waals surface area contributed by atoms with Gasteiger partial charge in [-0.05, 0) is 24.3 Å². The second-order valence-corrected chi connectivity index (χ2v) is 4.14. The number of nitrogens with zero attached hydrogens (tertiary/aromatic N) is 2. The van der Waals surface area contributed by atoms with Crippen LogP contribution in [0.3, 0.4) is 0 Å². The van der Waals surface area contributed by atoms with Gasteiger partial charge >= 0.3 is 0 Å². The Morgan fingerprint density at radius 1 is 1.16 bits per heavy atom. The van der Waals surface area contributed by atoms with Gasteiger partial charge in [0.05, 0.1) is 11.3 Å². The molecule has 3 rings (SSSR count). The Labute approximate surface area is 110 Å². The fourth-order valence-electron chi connectivity index (χ4n) is 1.92. The molecule has 0 aliphatic heterocycles. The number of rotatable bonds is 4. The largest absolute Gasteiger partial charge is 0.486 e. The summed E-state index contributed by atoms with van der Waals surface area (Å²) < 4.78 is 7.57. The summed E-state index contributed by atoms with van der Waals surface area (Å²) in [4.78, 5) is 15.3. The minimum Gasteiger partial charge on any atom is -0.486 e. The van der Waals surface area contributed by atoms with E-state index in [-0.39, 0.29) is 0 Å². The Morgan fingerprint density at radius 3 is 2.84 bits per heavy atom. The summed E-state index contributed by atoms with van der Waals surface area (Å²) in [5.41, 5.74) is 2.25. The molecule has 1 aromatic carbocycles. The van der Waals surface area contributed by atoms with Crippen LogP contribution in [0.15, 0.2) is 54.9 Å². The third-order valence-corrected chi connectivity index (χ3v) is 2.84. The minimum absolute atomic E-state index is 0.340. The molecule has 94 valence electrons. The molecule has 0 bridgehead atoms. The lowest BCUT2D eigenvalue weighted by Crippen LogP contribution is -1.98. The maximum Gasteiger partial charge on any atom is 0.153 e. The van der Waals surface area contributed by atoms with E-state index in [1.165, 1.54) is 0 Å². The van der Waals surface area contributed by atoms with Gasteiger partial charge in [-0.15, -0.1) is 0 Å². The van der Waals surface area contributed by atoms with Crippen molar-refractivity contribution in [3.63, 3.8) is 0 Å². The summed E-state index contributed by atoms with van der Waals surface area (Å²) in [6.45, 7) is 0.340. The Hall–Kier alpha value is -2.62. The van der Waals surface area contributed by atoms with Gasteiger partial charge in [-0.3, -0.25) is 4.79 Å². The van der Waals surface area contributed by atoms with Crippen LogP contribution in [0.4, 0.5) is 0 Å². The normalized spacial score (nSPS) is 10.5. The molecule has 4 heteroatoms. The number of carbonyl (C=O) groups excluding carboxylic acids is 1. The van der Waals surface area contributed by atoms with E-state index >= 15 is 0 Å². The van der Waals surface area contributed by atoms with Gasteiger partial charge in [0.2, 0.25) is 0 Å². The Kier molecular flexibility index (Phi) is 2.98. The van der Waals surface area contributed by atoms with E-state index in [0.717, 1.165) is 17.6 Å². The molecule has 4 nitrogen and oxygen atoms in total. The number of aromatic nitrogens is 2. The van der Waals surface area contributed by atoms with Crippen molar-refractivity contribution in [3.8, 4) is 5.75 Å². The zero-order valence-corrected chi connectivity index (χ0v) is 10.2. The van der Waals surface area contributed by atoms with Crippen molar-refractivity contribution in [2.24, 2.45) is 0 Å². The smallest absolute Gasteiger partial charge is 0.153 e. The first-order valence-electron chi connectivity index (χ1n) is 5.96. The molecular weight excluding hydrogens is 240 g/mol.